The first-order valence-corrected chi connectivity index (χ1v) is 7.57. The van der Waals surface area contributed by atoms with E-state index in [4.69, 9.17) is 0 Å². The Morgan fingerprint density at radius 3 is 2.83 bits per heavy atom. The number of nitrogens with one attached hydrogen (secondary N) is 1. The predicted molar refractivity (Wildman–Crippen MR) is 86.7 cm³/mol. The molecular weight excluding hydrogens is 307 g/mol. The van der Waals surface area contributed by atoms with Gasteiger partial charge in [0, 0.05) is 12.6 Å². The molecule has 0 fully saturated rings. The van der Waals surface area contributed by atoms with Gasteiger partial charge >= 0.3 is 0 Å². The summed E-state index contributed by atoms with van der Waals surface area (Å²) in [6, 6.07) is 11.9. The van der Waals surface area contributed by atoms with E-state index >= 15 is 0 Å². The minimum absolute atomic E-state index is 0.0592. The van der Waals surface area contributed by atoms with Gasteiger partial charge in [-0.3, -0.25) is 4.79 Å². The molecule has 6 heteroatoms. The highest BCUT2D eigenvalue weighted by atomic mass is 19.1. The molecule has 2 atom stereocenters. The van der Waals surface area contributed by atoms with Crippen molar-refractivity contribution >= 4 is 16.9 Å². The van der Waals surface area contributed by atoms with Crippen molar-refractivity contribution in [3.8, 4) is 6.07 Å². The Hall–Kier alpha value is -3.07. The van der Waals surface area contributed by atoms with Crippen molar-refractivity contribution in [2.24, 2.45) is 0 Å². The Labute approximate surface area is 138 Å². The number of halogens is 1. The Bertz CT molecular complexity index is 895. The molecule has 120 valence electrons. The zero-order valence-electron chi connectivity index (χ0n) is 13.0. The van der Waals surface area contributed by atoms with Crippen molar-refractivity contribution in [1.82, 2.24) is 15.0 Å². The molecule has 0 amide bonds. The van der Waals surface area contributed by atoms with Gasteiger partial charge < -0.3 is 4.98 Å². The molecule has 0 spiro atoms. The lowest BCUT2D eigenvalue weighted by Gasteiger charge is -2.13. The minimum Gasteiger partial charge on any atom is -0.339 e. The zero-order valence-corrected chi connectivity index (χ0v) is 13.0. The number of nitrogens with zero attached hydrogens (tertiary/aromatic N) is 3. The Morgan fingerprint density at radius 2 is 2.12 bits per heavy atom. The van der Waals surface area contributed by atoms with Gasteiger partial charge in [-0.05, 0) is 29.7 Å². The number of imidazole rings is 1. The number of pyridine rings is 1. The van der Waals surface area contributed by atoms with E-state index in [1.165, 1.54) is 6.07 Å². The molecule has 0 saturated heterocycles. The monoisotopic (exact) mass is 322 g/mol. The lowest BCUT2D eigenvalue weighted by atomic mass is 9.90. The molecule has 0 unspecified atom stereocenters. The summed E-state index contributed by atoms with van der Waals surface area (Å²) >= 11 is 0. The lowest BCUT2D eigenvalue weighted by Crippen LogP contribution is -2.15. The van der Waals surface area contributed by atoms with E-state index in [9.17, 15) is 14.4 Å². The van der Waals surface area contributed by atoms with Crippen LogP contribution in [0.4, 0.5) is 4.39 Å². The summed E-state index contributed by atoms with van der Waals surface area (Å²) in [7, 11) is 0. The Kier molecular flexibility index (Phi) is 4.34. The largest absolute Gasteiger partial charge is 0.339 e. The predicted octanol–water partition coefficient (Wildman–Crippen LogP) is 3.47. The van der Waals surface area contributed by atoms with E-state index in [0.717, 1.165) is 0 Å². The van der Waals surface area contributed by atoms with Gasteiger partial charge in [-0.1, -0.05) is 25.1 Å². The summed E-state index contributed by atoms with van der Waals surface area (Å²) < 4.78 is 13.8. The van der Waals surface area contributed by atoms with E-state index in [1.54, 1.807) is 43.5 Å². The van der Waals surface area contributed by atoms with Crippen molar-refractivity contribution in [2.75, 3.05) is 0 Å². The fourth-order valence-electron chi connectivity index (χ4n) is 2.69. The van der Waals surface area contributed by atoms with Gasteiger partial charge in [-0.2, -0.15) is 5.26 Å². The van der Waals surface area contributed by atoms with Gasteiger partial charge in [0.05, 0.1) is 11.6 Å². The van der Waals surface area contributed by atoms with Crippen molar-refractivity contribution in [2.45, 2.75) is 25.2 Å². The standard InChI is InChI=1S/C18H15FN4O/c1-11(12-5-2-3-6-14(12)19)9-16(24)13(10-20)17-22-15-7-4-8-21-18(15)23-17/h2-8,11,13H,9H2,1H3,(H,21,22,23)/t11-,13+/m0/s1. The second-order valence-corrected chi connectivity index (χ2v) is 5.65. The van der Waals surface area contributed by atoms with E-state index in [0.29, 0.717) is 16.7 Å². The molecule has 3 rings (SSSR count). The zero-order chi connectivity index (χ0) is 17.1. The molecule has 5 nitrogen and oxygen atoms in total. The fraction of sp³-hybridized carbons (Fsp3) is 0.222. The minimum atomic E-state index is -1.02. The summed E-state index contributed by atoms with van der Waals surface area (Å²) in [5.74, 6) is -1.71. The molecule has 3 aromatic rings. The third kappa shape index (κ3) is 3.01. The number of aromatic amines is 1. The van der Waals surface area contributed by atoms with Gasteiger partial charge in [0.25, 0.3) is 0 Å². The Morgan fingerprint density at radius 1 is 1.33 bits per heavy atom. The maximum Gasteiger partial charge on any atom is 0.177 e. The van der Waals surface area contributed by atoms with Crippen LogP contribution in [0.3, 0.4) is 0 Å². The summed E-state index contributed by atoms with van der Waals surface area (Å²) in [5.41, 5.74) is 1.60. The van der Waals surface area contributed by atoms with Crippen LogP contribution in [0.2, 0.25) is 0 Å². The SMILES string of the molecule is C[C@@H](CC(=O)[C@@H](C#N)c1nc2ncccc2[nH]1)c1ccccc1F. The molecule has 2 aromatic heterocycles. The summed E-state index contributed by atoms with van der Waals surface area (Å²) in [6.07, 6.45) is 1.65. The van der Waals surface area contributed by atoms with Crippen LogP contribution in [0.1, 0.15) is 36.6 Å². The highest BCUT2D eigenvalue weighted by Crippen LogP contribution is 2.26. The summed E-state index contributed by atoms with van der Waals surface area (Å²) in [4.78, 5) is 23.8. The van der Waals surface area contributed by atoms with Crippen LogP contribution in [0.15, 0.2) is 42.6 Å². The van der Waals surface area contributed by atoms with Crippen LogP contribution in [0, 0.1) is 17.1 Å². The number of hydrogen-bond donors (Lipinski definition) is 1. The second-order valence-electron chi connectivity index (χ2n) is 5.65. The topological polar surface area (TPSA) is 82.4 Å². The summed E-state index contributed by atoms with van der Waals surface area (Å²) in [6.45, 7) is 1.77. The highest BCUT2D eigenvalue weighted by Gasteiger charge is 2.26. The third-order valence-electron chi connectivity index (χ3n) is 3.94. The average Bonchev–Trinajstić information content (AvgIpc) is 2.99. The first kappa shape index (κ1) is 15.8. The molecular formula is C18H15FN4O. The fourth-order valence-corrected chi connectivity index (χ4v) is 2.69. The second kappa shape index (κ2) is 6.59. The molecule has 1 N–H and O–H groups in total. The number of ketones is 1. The smallest absolute Gasteiger partial charge is 0.177 e. The number of benzene rings is 1. The highest BCUT2D eigenvalue weighted by molar-refractivity contribution is 5.89. The van der Waals surface area contributed by atoms with Gasteiger partial charge in [-0.25, -0.2) is 14.4 Å². The van der Waals surface area contributed by atoms with Gasteiger partial charge in [0.1, 0.15) is 11.6 Å². The van der Waals surface area contributed by atoms with Gasteiger partial charge in [0.15, 0.2) is 17.3 Å². The first-order valence-electron chi connectivity index (χ1n) is 7.57. The molecule has 0 bridgehead atoms. The lowest BCUT2D eigenvalue weighted by molar-refractivity contribution is -0.119. The normalized spacial score (nSPS) is 13.4. The van der Waals surface area contributed by atoms with Crippen LogP contribution in [-0.4, -0.2) is 20.7 Å². The molecule has 24 heavy (non-hydrogen) atoms. The maximum atomic E-state index is 13.8. The molecule has 0 saturated carbocycles. The van der Waals surface area contributed by atoms with E-state index in [1.807, 2.05) is 6.07 Å². The number of carbonyl (C=O) groups is 1. The van der Waals surface area contributed by atoms with Crippen LogP contribution >= 0.6 is 0 Å². The van der Waals surface area contributed by atoms with Crippen molar-refractivity contribution < 1.29 is 9.18 Å². The van der Waals surface area contributed by atoms with Crippen LogP contribution in [0.25, 0.3) is 11.2 Å². The third-order valence-corrected chi connectivity index (χ3v) is 3.94. The first-order chi connectivity index (χ1) is 11.6. The molecule has 2 heterocycles. The van der Waals surface area contributed by atoms with E-state index < -0.39 is 5.92 Å². The number of aromatic nitrogens is 3. The molecule has 0 aliphatic rings. The molecule has 1 aromatic carbocycles. The van der Waals surface area contributed by atoms with Crippen molar-refractivity contribution in [3.63, 3.8) is 0 Å². The molecule has 0 radical (unpaired) electrons. The van der Waals surface area contributed by atoms with Crippen LogP contribution in [-0.2, 0) is 4.79 Å². The van der Waals surface area contributed by atoms with E-state index in [2.05, 4.69) is 15.0 Å². The number of Topliss-reactive ketones (excluding diaryl/α,β-unsaturated/α-hetero) is 1. The van der Waals surface area contributed by atoms with Crippen LogP contribution in [0.5, 0.6) is 0 Å². The average molecular weight is 322 g/mol. The van der Waals surface area contributed by atoms with Crippen molar-refractivity contribution in [3.05, 3.63) is 59.8 Å². The Balaban J connectivity index is 1.82. The number of carbonyl (C=O) groups excluding carboxylic acids is 1. The van der Waals surface area contributed by atoms with Gasteiger partial charge in [-0.15, -0.1) is 0 Å². The number of H-pyrrole nitrogens is 1. The number of fused-ring (bicyclic) bond motifs is 1. The van der Waals surface area contributed by atoms with Crippen molar-refractivity contribution in [1.29, 1.82) is 5.26 Å². The quantitative estimate of drug-likeness (QED) is 0.779. The van der Waals surface area contributed by atoms with Gasteiger partial charge in [0.2, 0.25) is 0 Å². The van der Waals surface area contributed by atoms with Crippen LogP contribution < -0.4 is 0 Å². The molecule has 0 aliphatic carbocycles. The number of nitriles is 1. The molecule has 0 aliphatic heterocycles. The number of hydrogen-bond acceptors (Lipinski definition) is 4. The van der Waals surface area contributed by atoms with E-state index in [-0.39, 0.29) is 29.8 Å². The maximum absolute atomic E-state index is 13.8. The summed E-state index contributed by atoms with van der Waals surface area (Å²) in [5, 5.41) is 9.39. The number of rotatable bonds is 5.